The van der Waals surface area contributed by atoms with Crippen molar-refractivity contribution in [2.24, 2.45) is 5.41 Å². The molecule has 1 aromatic rings. The number of hydrogen-bond donors (Lipinski definition) is 1. The number of amides is 1. The molecule has 0 saturated heterocycles. The van der Waals surface area contributed by atoms with Crippen molar-refractivity contribution in [1.29, 1.82) is 5.26 Å². The van der Waals surface area contributed by atoms with Crippen LogP contribution in [-0.4, -0.2) is 5.91 Å². The molecule has 1 aromatic carbocycles. The highest BCUT2D eigenvalue weighted by Crippen LogP contribution is 2.45. The topological polar surface area (TPSA) is 52.9 Å². The number of nitrogens with one attached hydrogen (secondary N) is 1. The van der Waals surface area contributed by atoms with Gasteiger partial charge in [0.05, 0.1) is 6.07 Å². The summed E-state index contributed by atoms with van der Waals surface area (Å²) >= 11 is 0. The van der Waals surface area contributed by atoms with E-state index in [0.29, 0.717) is 12.8 Å². The van der Waals surface area contributed by atoms with Crippen LogP contribution in [0.2, 0.25) is 0 Å². The largest absolute Gasteiger partial charge is 0.325 e. The van der Waals surface area contributed by atoms with Crippen molar-refractivity contribution >= 4 is 11.6 Å². The summed E-state index contributed by atoms with van der Waals surface area (Å²) in [4.78, 5) is 12.1. The Balaban J connectivity index is 1.42. The molecule has 0 unspecified atom stereocenters. The SMILES string of the molecule is CCCCCCCCCCCCCCCCc1ccc(NC(=O)C2(C#N)CC2)cc1. The number of anilines is 1. The molecule has 1 N–H and O–H groups in total. The van der Waals surface area contributed by atoms with E-state index in [1.54, 1.807) is 0 Å². The van der Waals surface area contributed by atoms with E-state index in [1.165, 1.54) is 95.5 Å². The molecule has 0 heterocycles. The monoisotopic (exact) mass is 410 g/mol. The van der Waals surface area contributed by atoms with Crippen LogP contribution in [0, 0.1) is 16.7 Å². The van der Waals surface area contributed by atoms with Crippen molar-refractivity contribution in [3.8, 4) is 6.07 Å². The summed E-state index contributed by atoms with van der Waals surface area (Å²) in [5.41, 5.74) is 1.37. The van der Waals surface area contributed by atoms with Crippen LogP contribution in [0.1, 0.15) is 115 Å². The van der Waals surface area contributed by atoms with Crippen molar-refractivity contribution in [2.75, 3.05) is 5.32 Å². The van der Waals surface area contributed by atoms with Gasteiger partial charge in [-0.3, -0.25) is 4.79 Å². The van der Waals surface area contributed by atoms with Crippen LogP contribution >= 0.6 is 0 Å². The van der Waals surface area contributed by atoms with Gasteiger partial charge in [0.2, 0.25) is 5.91 Å². The fourth-order valence-electron chi connectivity index (χ4n) is 4.04. The van der Waals surface area contributed by atoms with Gasteiger partial charge in [0.15, 0.2) is 0 Å². The molecular formula is C27H42N2O. The Morgan fingerprint density at radius 3 is 1.73 bits per heavy atom. The number of hydrogen-bond acceptors (Lipinski definition) is 2. The third-order valence-electron chi connectivity index (χ3n) is 6.43. The number of carbonyl (C=O) groups is 1. The molecule has 1 fully saturated rings. The molecule has 0 bridgehead atoms. The van der Waals surface area contributed by atoms with Gasteiger partial charge >= 0.3 is 0 Å². The molecular weight excluding hydrogens is 368 g/mol. The molecule has 0 spiro atoms. The zero-order valence-electron chi connectivity index (χ0n) is 19.2. The standard InChI is InChI=1S/C27H42N2O/c1-2-3-4-5-6-7-8-9-10-11-12-13-14-15-16-24-17-19-25(20-18-24)29-26(30)27(23-28)21-22-27/h17-20H,2-16,21-22H2,1H3,(H,29,30). The second-order valence-corrected chi connectivity index (χ2v) is 9.19. The van der Waals surface area contributed by atoms with Crippen molar-refractivity contribution in [3.63, 3.8) is 0 Å². The van der Waals surface area contributed by atoms with Crippen LogP contribution in [0.25, 0.3) is 0 Å². The normalized spacial score (nSPS) is 14.3. The predicted octanol–water partition coefficient (Wildman–Crippen LogP) is 7.95. The molecule has 3 nitrogen and oxygen atoms in total. The number of rotatable bonds is 17. The van der Waals surface area contributed by atoms with Gasteiger partial charge in [-0.15, -0.1) is 0 Å². The van der Waals surface area contributed by atoms with E-state index < -0.39 is 5.41 Å². The molecule has 30 heavy (non-hydrogen) atoms. The second kappa shape index (κ2) is 14.2. The first kappa shape index (κ1) is 24.4. The van der Waals surface area contributed by atoms with Crippen molar-refractivity contribution in [1.82, 2.24) is 0 Å². The minimum Gasteiger partial charge on any atom is -0.325 e. The number of nitriles is 1. The number of benzene rings is 1. The molecule has 3 heteroatoms. The predicted molar refractivity (Wildman–Crippen MR) is 126 cm³/mol. The fraction of sp³-hybridized carbons (Fsp3) is 0.704. The van der Waals surface area contributed by atoms with E-state index in [-0.39, 0.29) is 5.91 Å². The van der Waals surface area contributed by atoms with Crippen LogP contribution in [0.4, 0.5) is 5.69 Å². The third kappa shape index (κ3) is 9.33. The average molecular weight is 411 g/mol. The van der Waals surface area contributed by atoms with Gasteiger partial charge in [-0.05, 0) is 43.4 Å². The quantitative estimate of drug-likeness (QED) is 0.265. The number of unbranched alkanes of at least 4 members (excludes halogenated alkanes) is 13. The lowest BCUT2D eigenvalue weighted by molar-refractivity contribution is -0.119. The molecule has 0 aromatic heterocycles. The Hall–Kier alpha value is -1.82. The Morgan fingerprint density at radius 1 is 0.833 bits per heavy atom. The van der Waals surface area contributed by atoms with Crippen molar-refractivity contribution in [3.05, 3.63) is 29.8 Å². The van der Waals surface area contributed by atoms with E-state index in [4.69, 9.17) is 5.26 Å². The van der Waals surface area contributed by atoms with Gasteiger partial charge in [-0.1, -0.05) is 103 Å². The minimum absolute atomic E-state index is 0.148. The number of nitrogens with zero attached hydrogens (tertiary/aromatic N) is 1. The molecule has 1 amide bonds. The van der Waals surface area contributed by atoms with Gasteiger partial charge < -0.3 is 5.32 Å². The molecule has 0 aliphatic heterocycles. The van der Waals surface area contributed by atoms with Gasteiger partial charge in [0, 0.05) is 5.69 Å². The van der Waals surface area contributed by atoms with E-state index in [2.05, 4.69) is 30.4 Å². The maximum absolute atomic E-state index is 12.1. The van der Waals surface area contributed by atoms with Crippen LogP contribution in [-0.2, 0) is 11.2 Å². The Bertz CT molecular complexity index is 640. The lowest BCUT2D eigenvalue weighted by Gasteiger charge is -2.09. The lowest BCUT2D eigenvalue weighted by atomic mass is 10.0. The maximum Gasteiger partial charge on any atom is 0.244 e. The first-order valence-electron chi connectivity index (χ1n) is 12.5. The molecule has 1 aliphatic rings. The summed E-state index contributed by atoms with van der Waals surface area (Å²) < 4.78 is 0. The third-order valence-corrected chi connectivity index (χ3v) is 6.43. The first-order valence-corrected chi connectivity index (χ1v) is 12.5. The molecule has 2 rings (SSSR count). The van der Waals surface area contributed by atoms with Gasteiger partial charge in [-0.25, -0.2) is 0 Å². The van der Waals surface area contributed by atoms with Crippen molar-refractivity contribution < 1.29 is 4.79 Å². The Kier molecular flexibility index (Phi) is 11.6. The number of aryl methyl sites for hydroxylation is 1. The van der Waals surface area contributed by atoms with E-state index >= 15 is 0 Å². The Morgan fingerprint density at radius 2 is 1.30 bits per heavy atom. The smallest absolute Gasteiger partial charge is 0.244 e. The van der Waals surface area contributed by atoms with E-state index in [0.717, 1.165) is 12.1 Å². The molecule has 0 radical (unpaired) electrons. The highest BCUT2D eigenvalue weighted by molar-refractivity contribution is 5.99. The second-order valence-electron chi connectivity index (χ2n) is 9.19. The fourth-order valence-corrected chi connectivity index (χ4v) is 4.04. The summed E-state index contributed by atoms with van der Waals surface area (Å²) in [6.07, 6.45) is 21.9. The average Bonchev–Trinajstić information content (AvgIpc) is 3.56. The number of carbonyl (C=O) groups excluding carboxylic acids is 1. The van der Waals surface area contributed by atoms with Gasteiger partial charge in [0.25, 0.3) is 0 Å². The molecule has 1 saturated carbocycles. The van der Waals surface area contributed by atoms with E-state index in [9.17, 15) is 4.79 Å². The van der Waals surface area contributed by atoms with Crippen molar-refractivity contribution in [2.45, 2.75) is 116 Å². The zero-order valence-corrected chi connectivity index (χ0v) is 19.2. The van der Waals surface area contributed by atoms with Crippen LogP contribution in [0.15, 0.2) is 24.3 Å². The highest BCUT2D eigenvalue weighted by atomic mass is 16.2. The summed E-state index contributed by atoms with van der Waals surface area (Å²) in [6.45, 7) is 2.28. The van der Waals surface area contributed by atoms with Crippen LogP contribution in [0.3, 0.4) is 0 Å². The molecule has 166 valence electrons. The summed E-state index contributed by atoms with van der Waals surface area (Å²) in [7, 11) is 0. The summed E-state index contributed by atoms with van der Waals surface area (Å²) in [5, 5.41) is 12.0. The van der Waals surface area contributed by atoms with Crippen LogP contribution < -0.4 is 5.32 Å². The molecule has 1 aliphatic carbocycles. The minimum atomic E-state index is -0.757. The Labute approximate surface area is 184 Å². The highest BCUT2D eigenvalue weighted by Gasteiger charge is 2.50. The maximum atomic E-state index is 12.1. The molecule has 0 atom stereocenters. The lowest BCUT2D eigenvalue weighted by Crippen LogP contribution is -2.22. The van der Waals surface area contributed by atoms with Crippen LogP contribution in [0.5, 0.6) is 0 Å². The van der Waals surface area contributed by atoms with Gasteiger partial charge in [0.1, 0.15) is 5.41 Å². The zero-order chi connectivity index (χ0) is 21.5. The van der Waals surface area contributed by atoms with Gasteiger partial charge in [-0.2, -0.15) is 5.26 Å². The first-order chi connectivity index (χ1) is 14.7. The summed E-state index contributed by atoms with van der Waals surface area (Å²) in [6, 6.07) is 10.3. The van der Waals surface area contributed by atoms with E-state index in [1.807, 2.05) is 12.1 Å². The summed E-state index contributed by atoms with van der Waals surface area (Å²) in [5.74, 6) is -0.148.